The first kappa shape index (κ1) is 22.8. The summed E-state index contributed by atoms with van der Waals surface area (Å²) in [6.07, 6.45) is 0.633. The van der Waals surface area contributed by atoms with E-state index >= 15 is 0 Å². The fraction of sp³-hybridized carbons (Fsp3) is 0.562. The van der Waals surface area contributed by atoms with Crippen LogP contribution in [0.4, 0.5) is 0 Å². The van der Waals surface area contributed by atoms with Crippen LogP contribution >= 0.6 is 0 Å². The summed E-state index contributed by atoms with van der Waals surface area (Å²) in [5, 5.41) is 27.4. The van der Waals surface area contributed by atoms with E-state index in [1.165, 1.54) is 0 Å². The Morgan fingerprint density at radius 2 is 2.00 bits per heavy atom. The van der Waals surface area contributed by atoms with Gasteiger partial charge >= 0.3 is 13.1 Å². The van der Waals surface area contributed by atoms with Crippen molar-refractivity contribution in [1.29, 1.82) is 0 Å². The predicted octanol–water partition coefficient (Wildman–Crippen LogP) is -1.51. The molecule has 1 saturated heterocycles. The summed E-state index contributed by atoms with van der Waals surface area (Å²) in [6, 6.07) is 8.45. The molecule has 0 aliphatic carbocycles. The van der Waals surface area contributed by atoms with Crippen molar-refractivity contribution >= 4 is 23.3 Å². The Morgan fingerprint density at radius 1 is 1.36 bits per heavy atom. The van der Waals surface area contributed by atoms with Crippen molar-refractivity contribution in [2.75, 3.05) is 19.6 Å². The van der Waals surface area contributed by atoms with Crippen LogP contribution in [0.15, 0.2) is 30.3 Å². The standard InChI is InChI=1S/C16H27BN4O6S/c18-14(12-5-2-1-3-6-12)9-20-28(26,27)21-10-13(7-4-8-17(24)25)16(19,11-21)15(22)23/h1-3,5-6,13-14,20,24-25H,4,7-11,18-19H2,(H,22,23)/t13-,14+,16-/m0/s1. The number of carboxylic acid groups (broad SMARTS) is 1. The summed E-state index contributed by atoms with van der Waals surface area (Å²) in [5.41, 5.74) is 11.1. The Balaban J connectivity index is 2.03. The number of carbonyl (C=O) groups is 1. The maximum absolute atomic E-state index is 12.6. The SMILES string of the molecule is N[C@H](CNS(=O)(=O)N1C[C@H](CCCB(O)O)[C@](N)(C(=O)O)C1)c1ccccc1. The molecular weight excluding hydrogens is 387 g/mol. The zero-order chi connectivity index (χ0) is 20.9. The number of nitrogens with zero attached hydrogens (tertiary/aromatic N) is 1. The molecule has 0 radical (unpaired) electrons. The van der Waals surface area contributed by atoms with Crippen molar-refractivity contribution in [2.45, 2.75) is 30.7 Å². The Morgan fingerprint density at radius 3 is 2.57 bits per heavy atom. The van der Waals surface area contributed by atoms with E-state index < -0.39 is 40.8 Å². The smallest absolute Gasteiger partial charge is 0.451 e. The van der Waals surface area contributed by atoms with Crippen molar-refractivity contribution < 1.29 is 28.4 Å². The average Bonchev–Trinajstić information content (AvgIpc) is 2.99. The molecular formula is C16H27BN4O6S. The fourth-order valence-corrected chi connectivity index (χ4v) is 4.65. The summed E-state index contributed by atoms with van der Waals surface area (Å²) in [5.74, 6) is -1.94. The van der Waals surface area contributed by atoms with Gasteiger partial charge in [0.15, 0.2) is 0 Å². The van der Waals surface area contributed by atoms with E-state index in [1.54, 1.807) is 24.3 Å². The van der Waals surface area contributed by atoms with Crippen LogP contribution in [0.1, 0.15) is 24.4 Å². The first-order valence-corrected chi connectivity index (χ1v) is 10.4. The fourth-order valence-electron chi connectivity index (χ4n) is 3.32. The van der Waals surface area contributed by atoms with Gasteiger partial charge in [-0.05, 0) is 18.3 Å². The monoisotopic (exact) mass is 414 g/mol. The van der Waals surface area contributed by atoms with Crippen molar-refractivity contribution in [3.63, 3.8) is 0 Å². The van der Waals surface area contributed by atoms with Gasteiger partial charge in [-0.1, -0.05) is 36.8 Å². The molecule has 10 nitrogen and oxygen atoms in total. The molecule has 8 N–H and O–H groups in total. The molecule has 28 heavy (non-hydrogen) atoms. The molecule has 1 aliphatic rings. The number of hydrogen-bond donors (Lipinski definition) is 6. The molecule has 0 saturated carbocycles. The average molecular weight is 414 g/mol. The van der Waals surface area contributed by atoms with Crippen molar-refractivity contribution in [2.24, 2.45) is 17.4 Å². The Hall–Kier alpha value is -1.54. The first-order chi connectivity index (χ1) is 13.1. The normalized spacial score (nSPS) is 24.2. The van der Waals surface area contributed by atoms with Crippen LogP contribution in [0.2, 0.25) is 6.32 Å². The maximum atomic E-state index is 12.6. The molecule has 1 aliphatic heterocycles. The van der Waals surface area contributed by atoms with E-state index in [2.05, 4.69) is 4.72 Å². The highest BCUT2D eigenvalue weighted by atomic mass is 32.2. The molecule has 156 valence electrons. The molecule has 0 amide bonds. The van der Waals surface area contributed by atoms with Crippen LogP contribution in [0.3, 0.4) is 0 Å². The summed E-state index contributed by atoms with van der Waals surface area (Å²) >= 11 is 0. The third kappa shape index (κ3) is 5.51. The van der Waals surface area contributed by atoms with Crippen molar-refractivity contribution in [3.8, 4) is 0 Å². The number of aliphatic carboxylic acids is 1. The minimum absolute atomic E-state index is 0.0468. The lowest BCUT2D eigenvalue weighted by molar-refractivity contribution is -0.144. The van der Waals surface area contributed by atoms with Gasteiger partial charge in [0.25, 0.3) is 10.2 Å². The topological polar surface area (TPSA) is 179 Å². The summed E-state index contributed by atoms with van der Waals surface area (Å²) in [6.45, 7) is -0.486. The largest absolute Gasteiger partial charge is 0.480 e. The molecule has 3 atom stereocenters. The number of carboxylic acids is 1. The van der Waals surface area contributed by atoms with Gasteiger partial charge in [-0.2, -0.15) is 12.7 Å². The van der Waals surface area contributed by atoms with Gasteiger partial charge in [-0.3, -0.25) is 4.79 Å². The molecule has 1 heterocycles. The second kappa shape index (κ2) is 9.31. The number of nitrogens with two attached hydrogens (primary N) is 2. The van der Waals surface area contributed by atoms with Crippen LogP contribution in [-0.2, 0) is 15.0 Å². The van der Waals surface area contributed by atoms with E-state index in [-0.39, 0.29) is 32.4 Å². The molecule has 2 rings (SSSR count). The number of hydrogen-bond acceptors (Lipinski definition) is 7. The van der Waals surface area contributed by atoms with Gasteiger partial charge in [0.2, 0.25) is 0 Å². The number of nitrogens with one attached hydrogen (secondary N) is 1. The van der Waals surface area contributed by atoms with E-state index in [0.717, 1.165) is 9.87 Å². The molecule has 1 fully saturated rings. The van der Waals surface area contributed by atoms with Crippen LogP contribution in [-0.4, -0.2) is 66.1 Å². The van der Waals surface area contributed by atoms with Crippen LogP contribution in [0.25, 0.3) is 0 Å². The Labute approximate surface area is 164 Å². The van der Waals surface area contributed by atoms with Gasteiger partial charge in [-0.25, -0.2) is 4.72 Å². The first-order valence-electron chi connectivity index (χ1n) is 9.00. The third-order valence-corrected chi connectivity index (χ3v) is 6.55. The molecule has 0 spiro atoms. The Kier molecular flexibility index (Phi) is 7.56. The summed E-state index contributed by atoms with van der Waals surface area (Å²) < 4.78 is 28.7. The van der Waals surface area contributed by atoms with Gasteiger partial charge in [0.1, 0.15) is 5.54 Å². The molecule has 0 unspecified atom stereocenters. The highest BCUT2D eigenvalue weighted by Crippen LogP contribution is 2.31. The van der Waals surface area contributed by atoms with E-state index in [0.29, 0.717) is 6.42 Å². The van der Waals surface area contributed by atoms with Crippen molar-refractivity contribution in [1.82, 2.24) is 9.03 Å². The second-order valence-electron chi connectivity index (χ2n) is 7.12. The maximum Gasteiger partial charge on any atom is 0.451 e. The van der Waals surface area contributed by atoms with Crippen LogP contribution < -0.4 is 16.2 Å². The van der Waals surface area contributed by atoms with Crippen molar-refractivity contribution in [3.05, 3.63) is 35.9 Å². The number of rotatable bonds is 10. The van der Waals surface area contributed by atoms with E-state index in [4.69, 9.17) is 21.5 Å². The lowest BCUT2D eigenvalue weighted by Crippen LogP contribution is -2.55. The molecule has 1 aromatic rings. The van der Waals surface area contributed by atoms with Gasteiger partial charge < -0.3 is 26.6 Å². The highest BCUT2D eigenvalue weighted by molar-refractivity contribution is 7.87. The molecule has 1 aromatic carbocycles. The summed E-state index contributed by atoms with van der Waals surface area (Å²) in [7, 11) is -5.48. The van der Waals surface area contributed by atoms with Gasteiger partial charge in [0.05, 0.1) is 0 Å². The van der Waals surface area contributed by atoms with Crippen LogP contribution in [0.5, 0.6) is 0 Å². The second-order valence-corrected chi connectivity index (χ2v) is 8.87. The van der Waals surface area contributed by atoms with E-state index in [9.17, 15) is 18.3 Å². The van der Waals surface area contributed by atoms with E-state index in [1.807, 2.05) is 6.07 Å². The lowest BCUT2D eigenvalue weighted by atomic mass is 9.78. The summed E-state index contributed by atoms with van der Waals surface area (Å²) in [4.78, 5) is 11.7. The zero-order valence-corrected chi connectivity index (χ0v) is 16.3. The lowest BCUT2D eigenvalue weighted by Gasteiger charge is -2.25. The van der Waals surface area contributed by atoms with Gasteiger partial charge in [0, 0.05) is 31.6 Å². The van der Waals surface area contributed by atoms with Crippen LogP contribution in [0, 0.1) is 5.92 Å². The zero-order valence-electron chi connectivity index (χ0n) is 15.4. The minimum atomic E-state index is -3.98. The quantitative estimate of drug-likeness (QED) is 0.250. The number of benzene rings is 1. The third-order valence-electron chi connectivity index (χ3n) is 5.06. The minimum Gasteiger partial charge on any atom is -0.480 e. The van der Waals surface area contributed by atoms with Gasteiger partial charge in [-0.15, -0.1) is 0 Å². The highest BCUT2D eigenvalue weighted by Gasteiger charge is 2.52. The predicted molar refractivity (Wildman–Crippen MR) is 104 cm³/mol. The molecule has 0 aromatic heterocycles. The molecule has 12 heteroatoms. The Bertz CT molecular complexity index is 766. The molecule has 0 bridgehead atoms.